The third kappa shape index (κ3) is 3.55. The first-order valence-electron chi connectivity index (χ1n) is 7.47. The van der Waals surface area contributed by atoms with E-state index in [2.05, 4.69) is 4.98 Å². The molecule has 0 saturated heterocycles. The number of oxazole rings is 1. The molecule has 0 radical (unpaired) electrons. The number of carbonyl (C=O) groups excluding carboxylic acids is 1. The number of amides is 1. The Kier molecular flexibility index (Phi) is 4.76. The van der Waals surface area contributed by atoms with Crippen molar-refractivity contribution < 1.29 is 18.7 Å². The van der Waals surface area contributed by atoms with E-state index in [0.29, 0.717) is 23.8 Å². The molecule has 24 heavy (non-hydrogen) atoms. The maximum absolute atomic E-state index is 12.6. The Morgan fingerprint density at radius 3 is 2.46 bits per heavy atom. The maximum atomic E-state index is 12.6. The lowest BCUT2D eigenvalue weighted by Gasteiger charge is -2.18. The molecule has 0 atom stereocenters. The average Bonchev–Trinajstić information content (AvgIpc) is 3.12. The zero-order valence-electron chi connectivity index (χ0n) is 13.1. The average molecular weight is 324 g/mol. The van der Waals surface area contributed by atoms with Crippen molar-refractivity contribution >= 4 is 17.8 Å². The van der Waals surface area contributed by atoms with Gasteiger partial charge in [0.1, 0.15) is 17.8 Å². The topological polar surface area (TPSA) is 64.8 Å². The normalized spacial score (nSPS) is 10.2. The Balaban J connectivity index is 1.88. The van der Waals surface area contributed by atoms with Crippen molar-refractivity contribution in [3.8, 4) is 11.5 Å². The highest BCUT2D eigenvalue weighted by Crippen LogP contribution is 2.27. The summed E-state index contributed by atoms with van der Waals surface area (Å²) in [5.74, 6) is 1.15. The second-order valence-corrected chi connectivity index (χ2v) is 4.76. The van der Waals surface area contributed by atoms with Gasteiger partial charge in [-0.05, 0) is 43.3 Å². The van der Waals surface area contributed by atoms with Crippen LogP contribution in [-0.2, 0) is 0 Å². The number of hydrogen-bond acceptors (Lipinski definition) is 5. The molecule has 1 heterocycles. The van der Waals surface area contributed by atoms with Gasteiger partial charge in [0.15, 0.2) is 0 Å². The van der Waals surface area contributed by atoms with E-state index < -0.39 is 6.09 Å². The summed E-state index contributed by atoms with van der Waals surface area (Å²) < 4.78 is 16.1. The molecule has 122 valence electrons. The van der Waals surface area contributed by atoms with Gasteiger partial charge in [0.05, 0.1) is 18.5 Å². The monoisotopic (exact) mass is 324 g/mol. The van der Waals surface area contributed by atoms with Crippen molar-refractivity contribution in [3.63, 3.8) is 0 Å². The van der Waals surface area contributed by atoms with E-state index in [1.807, 2.05) is 13.0 Å². The van der Waals surface area contributed by atoms with Gasteiger partial charge in [-0.1, -0.05) is 18.2 Å². The van der Waals surface area contributed by atoms with Crippen LogP contribution in [0, 0.1) is 0 Å². The summed E-state index contributed by atoms with van der Waals surface area (Å²) in [6, 6.07) is 15.9. The van der Waals surface area contributed by atoms with Crippen LogP contribution in [-0.4, -0.2) is 17.7 Å². The molecule has 0 fully saturated rings. The van der Waals surface area contributed by atoms with Gasteiger partial charge in [0.2, 0.25) is 0 Å². The molecule has 6 heteroatoms. The van der Waals surface area contributed by atoms with Crippen LogP contribution in [0.25, 0.3) is 0 Å². The SMILES string of the molecule is CCOc1ccc(N(C(=O)Oc2ccccc2)c2ncco2)cc1. The minimum Gasteiger partial charge on any atom is -0.494 e. The molecular weight excluding hydrogens is 308 g/mol. The van der Waals surface area contributed by atoms with Gasteiger partial charge in [0, 0.05) is 0 Å². The number of anilines is 2. The van der Waals surface area contributed by atoms with Crippen LogP contribution in [0.1, 0.15) is 6.92 Å². The maximum Gasteiger partial charge on any atom is 0.428 e. The van der Waals surface area contributed by atoms with Crippen molar-refractivity contribution in [2.75, 3.05) is 11.5 Å². The minimum absolute atomic E-state index is 0.125. The van der Waals surface area contributed by atoms with Crippen LogP contribution in [0.2, 0.25) is 0 Å². The predicted octanol–water partition coefficient (Wildman–Crippen LogP) is 4.41. The lowest BCUT2D eigenvalue weighted by Crippen LogP contribution is -2.29. The molecule has 0 bridgehead atoms. The van der Waals surface area contributed by atoms with Crippen molar-refractivity contribution in [1.29, 1.82) is 0 Å². The lowest BCUT2D eigenvalue weighted by atomic mass is 10.3. The molecule has 0 spiro atoms. The number of para-hydroxylation sites is 1. The summed E-state index contributed by atoms with van der Waals surface area (Å²) in [5, 5.41) is 0. The molecule has 0 unspecified atom stereocenters. The van der Waals surface area contributed by atoms with E-state index in [1.165, 1.54) is 17.4 Å². The molecule has 2 aromatic carbocycles. The van der Waals surface area contributed by atoms with Gasteiger partial charge in [-0.15, -0.1) is 0 Å². The van der Waals surface area contributed by atoms with Crippen LogP contribution in [0.5, 0.6) is 11.5 Å². The first kappa shape index (κ1) is 15.6. The van der Waals surface area contributed by atoms with Gasteiger partial charge in [0.25, 0.3) is 0 Å². The number of nitrogens with zero attached hydrogens (tertiary/aromatic N) is 2. The van der Waals surface area contributed by atoms with E-state index in [9.17, 15) is 4.79 Å². The van der Waals surface area contributed by atoms with Crippen molar-refractivity contribution in [3.05, 3.63) is 67.1 Å². The third-order valence-electron chi connectivity index (χ3n) is 3.15. The molecule has 3 rings (SSSR count). The Morgan fingerprint density at radius 2 is 1.83 bits per heavy atom. The smallest absolute Gasteiger partial charge is 0.428 e. The summed E-state index contributed by atoms with van der Waals surface area (Å²) in [6.45, 7) is 2.48. The van der Waals surface area contributed by atoms with Crippen LogP contribution >= 0.6 is 0 Å². The third-order valence-corrected chi connectivity index (χ3v) is 3.15. The minimum atomic E-state index is -0.618. The van der Waals surface area contributed by atoms with Gasteiger partial charge in [-0.3, -0.25) is 0 Å². The molecule has 0 aliphatic heterocycles. The Labute approximate surface area is 139 Å². The Bertz CT molecular complexity index is 771. The fourth-order valence-corrected chi connectivity index (χ4v) is 2.11. The summed E-state index contributed by atoms with van der Waals surface area (Å²) in [4.78, 5) is 17.9. The lowest BCUT2D eigenvalue weighted by molar-refractivity contribution is 0.209. The van der Waals surface area contributed by atoms with Gasteiger partial charge < -0.3 is 13.9 Å². The highest BCUT2D eigenvalue weighted by Gasteiger charge is 2.24. The van der Waals surface area contributed by atoms with Crippen molar-refractivity contribution in [1.82, 2.24) is 4.98 Å². The highest BCUT2D eigenvalue weighted by molar-refractivity contribution is 5.94. The first-order valence-corrected chi connectivity index (χ1v) is 7.47. The van der Waals surface area contributed by atoms with E-state index in [-0.39, 0.29) is 6.01 Å². The number of rotatable bonds is 5. The molecule has 0 saturated carbocycles. The molecule has 0 N–H and O–H groups in total. The Morgan fingerprint density at radius 1 is 1.08 bits per heavy atom. The summed E-state index contributed by atoms with van der Waals surface area (Å²) >= 11 is 0. The predicted molar refractivity (Wildman–Crippen MR) is 88.7 cm³/mol. The molecule has 0 aliphatic carbocycles. The highest BCUT2D eigenvalue weighted by atomic mass is 16.6. The summed E-state index contributed by atoms with van der Waals surface area (Å²) in [6.07, 6.45) is 2.24. The van der Waals surface area contributed by atoms with Crippen LogP contribution in [0.4, 0.5) is 16.5 Å². The zero-order valence-corrected chi connectivity index (χ0v) is 13.1. The second-order valence-electron chi connectivity index (χ2n) is 4.76. The largest absolute Gasteiger partial charge is 0.494 e. The molecule has 6 nitrogen and oxygen atoms in total. The standard InChI is InChI=1S/C18H16N2O4/c1-2-22-15-10-8-14(9-11-15)20(17-19-12-13-23-17)18(21)24-16-6-4-3-5-7-16/h3-13H,2H2,1H3. The van der Waals surface area contributed by atoms with E-state index >= 15 is 0 Å². The van der Waals surface area contributed by atoms with Crippen LogP contribution < -0.4 is 14.4 Å². The number of hydrogen-bond donors (Lipinski definition) is 0. The number of carbonyl (C=O) groups is 1. The number of ether oxygens (including phenoxy) is 2. The molecule has 1 aromatic heterocycles. The van der Waals surface area contributed by atoms with Crippen molar-refractivity contribution in [2.24, 2.45) is 0 Å². The molecule has 1 amide bonds. The van der Waals surface area contributed by atoms with E-state index in [4.69, 9.17) is 13.9 Å². The second kappa shape index (κ2) is 7.32. The number of benzene rings is 2. The van der Waals surface area contributed by atoms with Crippen LogP contribution in [0.15, 0.2) is 71.5 Å². The molecule has 0 aliphatic rings. The summed E-state index contributed by atoms with van der Waals surface area (Å²) in [5.41, 5.74) is 0.557. The van der Waals surface area contributed by atoms with Gasteiger partial charge in [-0.2, -0.15) is 4.90 Å². The molecular formula is C18H16N2O4. The number of aromatic nitrogens is 1. The van der Waals surface area contributed by atoms with Gasteiger partial charge >= 0.3 is 12.1 Å². The van der Waals surface area contributed by atoms with Crippen molar-refractivity contribution in [2.45, 2.75) is 6.92 Å². The first-order chi connectivity index (χ1) is 11.8. The van der Waals surface area contributed by atoms with Crippen LogP contribution in [0.3, 0.4) is 0 Å². The molecule has 3 aromatic rings. The zero-order chi connectivity index (χ0) is 16.8. The van der Waals surface area contributed by atoms with E-state index in [0.717, 1.165) is 0 Å². The quantitative estimate of drug-likeness (QED) is 0.695. The fourth-order valence-electron chi connectivity index (χ4n) is 2.11. The van der Waals surface area contributed by atoms with Gasteiger partial charge in [-0.25, -0.2) is 9.78 Å². The fraction of sp³-hybridized carbons (Fsp3) is 0.111. The van der Waals surface area contributed by atoms with E-state index in [1.54, 1.807) is 48.5 Å². The summed E-state index contributed by atoms with van der Waals surface area (Å²) in [7, 11) is 0. The Hall–Kier alpha value is -3.28.